The van der Waals surface area contributed by atoms with E-state index in [1.54, 1.807) is 48.5 Å². The van der Waals surface area contributed by atoms with Crippen LogP contribution in [0, 0.1) is 0 Å². The highest BCUT2D eigenvalue weighted by Gasteiger charge is 2.18. The van der Waals surface area contributed by atoms with E-state index in [9.17, 15) is 14.4 Å². The fourth-order valence-corrected chi connectivity index (χ4v) is 2.37. The molecule has 1 amide bonds. The van der Waals surface area contributed by atoms with E-state index in [0.717, 1.165) is 4.68 Å². The van der Waals surface area contributed by atoms with Crippen LogP contribution in [0.15, 0.2) is 59.4 Å². The quantitative estimate of drug-likeness (QED) is 0.604. The molecule has 0 aliphatic carbocycles. The van der Waals surface area contributed by atoms with Gasteiger partial charge in [-0.05, 0) is 31.2 Å². The number of carbonyl (C=O) groups excluding carboxylic acids is 2. The molecule has 28 heavy (non-hydrogen) atoms. The Bertz CT molecular complexity index is 1040. The first-order chi connectivity index (χ1) is 13.5. The number of rotatable bonds is 7. The van der Waals surface area contributed by atoms with Gasteiger partial charge in [0, 0.05) is 0 Å². The van der Waals surface area contributed by atoms with Crippen molar-refractivity contribution in [3.05, 3.63) is 65.0 Å². The smallest absolute Gasteiger partial charge is 0.330 e. The van der Waals surface area contributed by atoms with E-state index in [0.29, 0.717) is 16.7 Å². The normalized spacial score (nSPS) is 11.6. The van der Waals surface area contributed by atoms with Gasteiger partial charge in [0.25, 0.3) is 11.5 Å². The summed E-state index contributed by atoms with van der Waals surface area (Å²) in [6, 6.07) is 14.6. The second kappa shape index (κ2) is 8.76. The molecule has 0 saturated carbocycles. The van der Waals surface area contributed by atoms with Gasteiger partial charge in [0.05, 0.1) is 5.39 Å². The highest BCUT2D eigenvalue weighted by molar-refractivity contribution is 5.84. The molecule has 144 valence electrons. The Labute approximate surface area is 159 Å². The lowest BCUT2D eigenvalue weighted by Gasteiger charge is -2.14. The predicted octanol–water partition coefficient (Wildman–Crippen LogP) is 0.876. The van der Waals surface area contributed by atoms with E-state index in [1.807, 2.05) is 6.07 Å². The van der Waals surface area contributed by atoms with E-state index in [1.165, 1.54) is 6.92 Å². The number of ether oxygens (including phenoxy) is 2. The molecular formula is C19H18N4O5. The summed E-state index contributed by atoms with van der Waals surface area (Å²) in [4.78, 5) is 36.2. The van der Waals surface area contributed by atoms with Gasteiger partial charge < -0.3 is 14.8 Å². The third-order valence-corrected chi connectivity index (χ3v) is 3.80. The minimum absolute atomic E-state index is 0.239. The maximum atomic E-state index is 12.3. The summed E-state index contributed by atoms with van der Waals surface area (Å²) < 4.78 is 11.3. The minimum Gasteiger partial charge on any atom is -0.484 e. The van der Waals surface area contributed by atoms with Crippen LogP contribution in [0.4, 0.5) is 0 Å². The second-order valence-electron chi connectivity index (χ2n) is 5.89. The molecule has 0 spiro atoms. The largest absolute Gasteiger partial charge is 0.484 e. The molecule has 0 saturated heterocycles. The van der Waals surface area contributed by atoms with Crippen LogP contribution in [-0.4, -0.2) is 39.5 Å². The SMILES string of the molecule is C[C@H](NC(=O)COc1ccccc1)C(=O)OCn1nnc2ccccc2c1=O. The van der Waals surface area contributed by atoms with Gasteiger partial charge in [-0.1, -0.05) is 35.5 Å². The highest BCUT2D eigenvalue weighted by Crippen LogP contribution is 2.07. The topological polar surface area (TPSA) is 112 Å². The number of para-hydroxylation sites is 1. The number of fused-ring (bicyclic) bond motifs is 1. The van der Waals surface area contributed by atoms with Crippen molar-refractivity contribution in [1.82, 2.24) is 20.3 Å². The van der Waals surface area contributed by atoms with Crippen molar-refractivity contribution in [1.29, 1.82) is 0 Å². The monoisotopic (exact) mass is 382 g/mol. The van der Waals surface area contributed by atoms with E-state index in [4.69, 9.17) is 9.47 Å². The standard InChI is InChI=1S/C19H18N4O5/c1-13(20-17(24)11-27-14-7-3-2-4-8-14)19(26)28-12-23-18(25)15-9-5-6-10-16(15)21-22-23/h2-10,13H,11-12H2,1H3,(H,20,24)/t13-/m0/s1. The number of amides is 1. The van der Waals surface area contributed by atoms with E-state index in [-0.39, 0.29) is 6.61 Å². The van der Waals surface area contributed by atoms with Crippen LogP contribution in [0.5, 0.6) is 5.75 Å². The molecule has 0 aliphatic heterocycles. The highest BCUT2D eigenvalue weighted by atomic mass is 16.5. The molecule has 3 rings (SSSR count). The molecule has 2 aromatic carbocycles. The Morgan fingerprint density at radius 1 is 1.11 bits per heavy atom. The van der Waals surface area contributed by atoms with E-state index in [2.05, 4.69) is 15.6 Å². The summed E-state index contributed by atoms with van der Waals surface area (Å²) in [5.41, 5.74) is 0.0282. The lowest BCUT2D eigenvalue weighted by Crippen LogP contribution is -2.42. The number of nitrogens with zero attached hydrogens (tertiary/aromatic N) is 3. The second-order valence-corrected chi connectivity index (χ2v) is 5.89. The Balaban J connectivity index is 1.51. The fraction of sp³-hybridized carbons (Fsp3) is 0.211. The van der Waals surface area contributed by atoms with Crippen molar-refractivity contribution >= 4 is 22.8 Å². The lowest BCUT2D eigenvalue weighted by atomic mass is 10.2. The van der Waals surface area contributed by atoms with E-state index < -0.39 is 30.2 Å². The van der Waals surface area contributed by atoms with Gasteiger partial charge in [-0.2, -0.15) is 4.68 Å². The zero-order valence-corrected chi connectivity index (χ0v) is 15.1. The predicted molar refractivity (Wildman–Crippen MR) is 99.4 cm³/mol. The average molecular weight is 382 g/mol. The Morgan fingerprint density at radius 2 is 1.82 bits per heavy atom. The summed E-state index contributed by atoms with van der Waals surface area (Å²) in [5, 5.41) is 10.5. The number of benzene rings is 2. The Hall–Kier alpha value is -3.75. The van der Waals surface area contributed by atoms with E-state index >= 15 is 0 Å². The average Bonchev–Trinajstić information content (AvgIpc) is 2.72. The zero-order chi connectivity index (χ0) is 19.9. The van der Waals surface area contributed by atoms with Crippen molar-refractivity contribution < 1.29 is 19.1 Å². The van der Waals surface area contributed by atoms with Gasteiger partial charge >= 0.3 is 5.97 Å². The maximum absolute atomic E-state index is 12.3. The summed E-state index contributed by atoms with van der Waals surface area (Å²) in [5.74, 6) is -0.645. The number of carbonyl (C=O) groups is 2. The van der Waals surface area contributed by atoms with Crippen molar-refractivity contribution in [2.45, 2.75) is 19.7 Å². The first-order valence-electron chi connectivity index (χ1n) is 8.51. The molecule has 1 N–H and O–H groups in total. The van der Waals surface area contributed by atoms with Crippen LogP contribution < -0.4 is 15.6 Å². The van der Waals surface area contributed by atoms with Gasteiger partial charge in [0.1, 0.15) is 17.3 Å². The zero-order valence-electron chi connectivity index (χ0n) is 15.1. The van der Waals surface area contributed by atoms with Crippen LogP contribution in [-0.2, 0) is 21.1 Å². The van der Waals surface area contributed by atoms with Crippen LogP contribution in [0.3, 0.4) is 0 Å². The van der Waals surface area contributed by atoms with Gasteiger partial charge in [-0.15, -0.1) is 5.10 Å². The van der Waals surface area contributed by atoms with Crippen LogP contribution in [0.25, 0.3) is 10.9 Å². The molecule has 9 heteroatoms. The lowest BCUT2D eigenvalue weighted by molar-refractivity contribution is -0.151. The molecule has 1 atom stereocenters. The van der Waals surface area contributed by atoms with Crippen molar-refractivity contribution in [3.63, 3.8) is 0 Å². The first-order valence-corrected chi connectivity index (χ1v) is 8.51. The van der Waals surface area contributed by atoms with Crippen LogP contribution in [0.2, 0.25) is 0 Å². The number of hydrogen-bond acceptors (Lipinski definition) is 7. The molecule has 3 aromatic rings. The summed E-state index contributed by atoms with van der Waals surface area (Å²) in [6.07, 6.45) is 0. The van der Waals surface area contributed by atoms with Gasteiger partial charge in [-0.25, -0.2) is 4.79 Å². The minimum atomic E-state index is -0.920. The van der Waals surface area contributed by atoms with Gasteiger partial charge in [0.15, 0.2) is 13.3 Å². The molecule has 1 heterocycles. The molecular weight excluding hydrogens is 364 g/mol. The molecule has 0 bridgehead atoms. The third kappa shape index (κ3) is 4.70. The number of hydrogen-bond donors (Lipinski definition) is 1. The molecule has 0 fully saturated rings. The molecule has 0 radical (unpaired) electrons. The van der Waals surface area contributed by atoms with Gasteiger partial charge in [-0.3, -0.25) is 9.59 Å². The number of nitrogens with one attached hydrogen (secondary N) is 1. The summed E-state index contributed by atoms with van der Waals surface area (Å²) in [7, 11) is 0. The molecule has 9 nitrogen and oxygen atoms in total. The van der Waals surface area contributed by atoms with Crippen molar-refractivity contribution in [2.24, 2.45) is 0 Å². The fourth-order valence-electron chi connectivity index (χ4n) is 2.37. The van der Waals surface area contributed by atoms with Crippen LogP contribution >= 0.6 is 0 Å². The molecule has 1 aromatic heterocycles. The first kappa shape index (κ1) is 19.0. The Morgan fingerprint density at radius 3 is 2.61 bits per heavy atom. The molecule has 0 unspecified atom stereocenters. The molecule has 0 aliphatic rings. The third-order valence-electron chi connectivity index (χ3n) is 3.80. The van der Waals surface area contributed by atoms with Crippen molar-refractivity contribution in [2.75, 3.05) is 6.61 Å². The van der Waals surface area contributed by atoms with Gasteiger partial charge in [0.2, 0.25) is 0 Å². The summed E-state index contributed by atoms with van der Waals surface area (Å²) >= 11 is 0. The maximum Gasteiger partial charge on any atom is 0.330 e. The van der Waals surface area contributed by atoms with Crippen LogP contribution in [0.1, 0.15) is 6.92 Å². The van der Waals surface area contributed by atoms with Crippen molar-refractivity contribution in [3.8, 4) is 5.75 Å². The number of esters is 1. The Kier molecular flexibility index (Phi) is 5.95. The number of aromatic nitrogens is 3. The summed E-state index contributed by atoms with van der Waals surface area (Å²) in [6.45, 7) is 0.824.